The zero-order valence-electron chi connectivity index (χ0n) is 14.7. The summed E-state index contributed by atoms with van der Waals surface area (Å²) in [6, 6.07) is 3.48. The molecule has 1 aromatic rings. The van der Waals surface area contributed by atoms with E-state index in [0.29, 0.717) is 0 Å². The van der Waals surface area contributed by atoms with Crippen LogP contribution in [0.15, 0.2) is 18.2 Å². The minimum atomic E-state index is -3.06. The fourth-order valence-corrected chi connectivity index (χ4v) is 1.97. The normalized spacial score (nSPS) is 12.7. The van der Waals surface area contributed by atoms with Crippen LogP contribution in [0.2, 0.25) is 0 Å². The lowest BCUT2D eigenvalue weighted by molar-refractivity contribution is -0.140. The molecule has 1 aliphatic carbocycles. The molecule has 0 aliphatic heterocycles. The van der Waals surface area contributed by atoms with Gasteiger partial charge in [0.05, 0.1) is 13.7 Å². The van der Waals surface area contributed by atoms with Crippen molar-refractivity contribution in [2.24, 2.45) is 0 Å². The Kier molecular flexibility index (Phi) is 7.07. The number of benzene rings is 1. The van der Waals surface area contributed by atoms with E-state index in [9.17, 15) is 28.0 Å². The van der Waals surface area contributed by atoms with Crippen molar-refractivity contribution in [2.45, 2.75) is 25.5 Å². The zero-order chi connectivity index (χ0) is 20.7. The summed E-state index contributed by atoms with van der Waals surface area (Å²) in [6.45, 7) is -3.57. The van der Waals surface area contributed by atoms with Crippen LogP contribution < -0.4 is 31.0 Å². The van der Waals surface area contributed by atoms with Gasteiger partial charge < -0.3 is 20.1 Å². The minimum Gasteiger partial charge on any atom is -0.493 e. The molecule has 0 atom stereocenters. The average molecular weight is 400 g/mol. The topological polar surface area (TPSA) is 135 Å². The summed E-state index contributed by atoms with van der Waals surface area (Å²) in [7, 11) is 1.21. The van der Waals surface area contributed by atoms with E-state index in [-0.39, 0.29) is 23.1 Å². The Morgan fingerprint density at radius 2 is 1.82 bits per heavy atom. The number of ether oxygens (including phenoxy) is 2. The standard InChI is InChI=1S/C16H18F2N4O6/c1-27-11-6-8(2-5-10(11)28-16(17)18)13(24)19-7-12(23)21-22-15(26)14(25)20-9-3-4-9/h2,5-6,9,16H,3-4,7H2,1H3,(H,19,24)(H,20,25)(H,21,23)(H,22,26). The second-order valence-electron chi connectivity index (χ2n) is 5.68. The molecule has 0 unspecified atom stereocenters. The molecule has 0 spiro atoms. The summed E-state index contributed by atoms with van der Waals surface area (Å²) < 4.78 is 33.7. The van der Waals surface area contributed by atoms with Crippen LogP contribution in [0.5, 0.6) is 11.5 Å². The number of halogens is 2. The van der Waals surface area contributed by atoms with Crippen molar-refractivity contribution in [1.29, 1.82) is 0 Å². The first kappa shape index (κ1) is 20.9. The number of carbonyl (C=O) groups excluding carboxylic acids is 4. The summed E-state index contributed by atoms with van der Waals surface area (Å²) in [5.74, 6) is -3.73. The number of carbonyl (C=O) groups is 4. The van der Waals surface area contributed by atoms with Crippen molar-refractivity contribution in [3.63, 3.8) is 0 Å². The molecule has 2 rings (SSSR count). The van der Waals surface area contributed by atoms with E-state index in [1.165, 1.54) is 13.2 Å². The molecular weight excluding hydrogens is 382 g/mol. The summed E-state index contributed by atoms with van der Waals surface area (Å²) >= 11 is 0. The highest BCUT2D eigenvalue weighted by Gasteiger charge is 2.26. The number of hydrazine groups is 1. The van der Waals surface area contributed by atoms with E-state index in [1.807, 2.05) is 10.9 Å². The first-order valence-corrected chi connectivity index (χ1v) is 8.11. The van der Waals surface area contributed by atoms with E-state index >= 15 is 0 Å². The predicted molar refractivity (Wildman–Crippen MR) is 89.4 cm³/mol. The largest absolute Gasteiger partial charge is 0.493 e. The molecule has 0 saturated heterocycles. The molecule has 0 heterocycles. The Balaban J connectivity index is 1.79. The van der Waals surface area contributed by atoms with Gasteiger partial charge in [0.15, 0.2) is 11.5 Å². The van der Waals surface area contributed by atoms with Crippen molar-refractivity contribution in [3.05, 3.63) is 23.8 Å². The molecule has 1 aromatic carbocycles. The van der Waals surface area contributed by atoms with Crippen molar-refractivity contribution in [1.82, 2.24) is 21.5 Å². The van der Waals surface area contributed by atoms with E-state index in [1.54, 1.807) is 0 Å². The van der Waals surface area contributed by atoms with Gasteiger partial charge in [0.25, 0.3) is 11.8 Å². The summed E-state index contributed by atoms with van der Waals surface area (Å²) in [5.41, 5.74) is 3.92. The first-order valence-electron chi connectivity index (χ1n) is 8.11. The number of alkyl halides is 2. The van der Waals surface area contributed by atoms with Crippen molar-refractivity contribution < 1.29 is 37.4 Å². The van der Waals surface area contributed by atoms with Crippen LogP contribution in [0.1, 0.15) is 23.2 Å². The lowest BCUT2D eigenvalue weighted by atomic mass is 10.2. The van der Waals surface area contributed by atoms with Crippen molar-refractivity contribution in [3.8, 4) is 11.5 Å². The van der Waals surface area contributed by atoms with E-state index in [4.69, 9.17) is 4.74 Å². The molecule has 152 valence electrons. The number of hydrogen-bond donors (Lipinski definition) is 4. The summed E-state index contributed by atoms with van der Waals surface area (Å²) in [6.07, 6.45) is 1.61. The third-order valence-corrected chi connectivity index (χ3v) is 3.49. The van der Waals surface area contributed by atoms with Crippen LogP contribution in [0.25, 0.3) is 0 Å². The van der Waals surface area contributed by atoms with Crippen molar-refractivity contribution in [2.75, 3.05) is 13.7 Å². The Morgan fingerprint density at radius 3 is 2.43 bits per heavy atom. The highest BCUT2D eigenvalue weighted by Crippen LogP contribution is 2.29. The molecule has 1 fully saturated rings. The molecule has 28 heavy (non-hydrogen) atoms. The van der Waals surface area contributed by atoms with Gasteiger partial charge in [0, 0.05) is 11.6 Å². The number of hydrogen-bond acceptors (Lipinski definition) is 6. The number of methoxy groups -OCH3 is 1. The van der Waals surface area contributed by atoms with E-state index in [2.05, 4.69) is 15.4 Å². The number of rotatable bonds is 7. The smallest absolute Gasteiger partial charge is 0.387 e. The molecule has 10 nitrogen and oxygen atoms in total. The Labute approximate surface area is 157 Å². The third kappa shape index (κ3) is 6.37. The Hall–Kier alpha value is -3.44. The molecule has 1 aliphatic rings. The maximum atomic E-state index is 12.3. The molecule has 12 heteroatoms. The van der Waals surface area contributed by atoms with Gasteiger partial charge in [-0.2, -0.15) is 8.78 Å². The van der Waals surface area contributed by atoms with E-state index in [0.717, 1.165) is 25.0 Å². The van der Waals surface area contributed by atoms with Crippen LogP contribution >= 0.6 is 0 Å². The van der Waals surface area contributed by atoms with Crippen LogP contribution in [0.4, 0.5) is 8.78 Å². The van der Waals surface area contributed by atoms with Crippen LogP contribution in [0.3, 0.4) is 0 Å². The molecule has 4 N–H and O–H groups in total. The van der Waals surface area contributed by atoms with Crippen molar-refractivity contribution >= 4 is 23.6 Å². The summed E-state index contributed by atoms with van der Waals surface area (Å²) in [4.78, 5) is 46.5. The number of amides is 4. The molecular formula is C16H18F2N4O6. The lowest BCUT2D eigenvalue weighted by Gasteiger charge is -2.12. The van der Waals surface area contributed by atoms with E-state index < -0.39 is 36.8 Å². The molecule has 0 bridgehead atoms. The third-order valence-electron chi connectivity index (χ3n) is 3.49. The molecule has 1 saturated carbocycles. The van der Waals surface area contributed by atoms with Gasteiger partial charge in [-0.1, -0.05) is 0 Å². The number of nitrogens with one attached hydrogen (secondary N) is 4. The minimum absolute atomic E-state index is 0.0114. The van der Waals surface area contributed by atoms with Gasteiger partial charge >= 0.3 is 18.4 Å². The second-order valence-corrected chi connectivity index (χ2v) is 5.68. The van der Waals surface area contributed by atoms with Gasteiger partial charge in [-0.05, 0) is 31.0 Å². The van der Waals surface area contributed by atoms with Crippen LogP contribution in [-0.2, 0) is 14.4 Å². The molecule has 4 amide bonds. The highest BCUT2D eigenvalue weighted by atomic mass is 19.3. The first-order chi connectivity index (χ1) is 13.3. The Morgan fingerprint density at radius 1 is 1.11 bits per heavy atom. The van der Waals surface area contributed by atoms with Crippen LogP contribution in [-0.4, -0.2) is 49.9 Å². The van der Waals surface area contributed by atoms with Gasteiger partial charge in [-0.15, -0.1) is 0 Å². The van der Waals surface area contributed by atoms with Gasteiger partial charge in [0.2, 0.25) is 0 Å². The fraction of sp³-hybridized carbons (Fsp3) is 0.375. The van der Waals surface area contributed by atoms with Gasteiger partial charge in [-0.3, -0.25) is 30.0 Å². The summed E-state index contributed by atoms with van der Waals surface area (Å²) in [5, 5.41) is 4.69. The van der Waals surface area contributed by atoms with Gasteiger partial charge in [-0.25, -0.2) is 0 Å². The zero-order valence-corrected chi connectivity index (χ0v) is 14.7. The maximum Gasteiger partial charge on any atom is 0.387 e. The maximum absolute atomic E-state index is 12.3. The molecule has 0 aromatic heterocycles. The quantitative estimate of drug-likeness (QED) is 0.358. The van der Waals surface area contributed by atoms with Crippen LogP contribution in [0, 0.1) is 0 Å². The lowest BCUT2D eigenvalue weighted by Crippen LogP contribution is -2.51. The Bertz CT molecular complexity index is 770. The monoisotopic (exact) mass is 400 g/mol. The van der Waals surface area contributed by atoms with Gasteiger partial charge in [0.1, 0.15) is 0 Å². The average Bonchev–Trinajstić information content (AvgIpc) is 3.47. The SMILES string of the molecule is COc1cc(C(=O)NCC(=O)NNC(=O)C(=O)NC2CC2)ccc1OC(F)F. The fourth-order valence-electron chi connectivity index (χ4n) is 1.97. The second kappa shape index (κ2) is 9.48. The predicted octanol–water partition coefficient (Wildman–Crippen LogP) is -0.548. The molecule has 0 radical (unpaired) electrons. The highest BCUT2D eigenvalue weighted by molar-refractivity contribution is 6.35.